The van der Waals surface area contributed by atoms with Gasteiger partial charge in [0.1, 0.15) is 0 Å². The van der Waals surface area contributed by atoms with Crippen molar-refractivity contribution in [1.29, 1.82) is 0 Å². The molecule has 1 aliphatic rings. The summed E-state index contributed by atoms with van der Waals surface area (Å²) in [6, 6.07) is 0.550. The van der Waals surface area contributed by atoms with E-state index in [9.17, 15) is 4.79 Å². The van der Waals surface area contributed by atoms with Crippen LogP contribution in [0.5, 0.6) is 0 Å². The van der Waals surface area contributed by atoms with Crippen LogP contribution in [0.4, 0.5) is 0 Å². The Morgan fingerprint density at radius 2 is 1.89 bits per heavy atom. The Labute approximate surface area is 118 Å². The first-order valence-electron chi connectivity index (χ1n) is 7.90. The molecular formula is C15H31N3O. The molecule has 4 nitrogen and oxygen atoms in total. The molecule has 1 aliphatic heterocycles. The molecule has 0 aromatic carbocycles. The summed E-state index contributed by atoms with van der Waals surface area (Å²) in [5.74, 6) is 0.266. The van der Waals surface area contributed by atoms with Gasteiger partial charge in [0.15, 0.2) is 0 Å². The van der Waals surface area contributed by atoms with Crippen molar-refractivity contribution in [1.82, 2.24) is 15.1 Å². The monoisotopic (exact) mass is 269 g/mol. The van der Waals surface area contributed by atoms with E-state index < -0.39 is 0 Å². The molecule has 4 heteroatoms. The predicted octanol–water partition coefficient (Wildman–Crippen LogP) is 1.71. The van der Waals surface area contributed by atoms with Crippen LogP contribution in [0.15, 0.2) is 0 Å². The molecule has 1 saturated heterocycles. The molecule has 0 aromatic rings. The summed E-state index contributed by atoms with van der Waals surface area (Å²) in [4.78, 5) is 16.7. The van der Waals surface area contributed by atoms with Crippen LogP contribution in [0.2, 0.25) is 0 Å². The van der Waals surface area contributed by atoms with Gasteiger partial charge in [0.25, 0.3) is 0 Å². The van der Waals surface area contributed by atoms with Gasteiger partial charge in [-0.3, -0.25) is 9.69 Å². The molecule has 0 aliphatic carbocycles. The molecule has 1 heterocycles. The lowest BCUT2D eigenvalue weighted by Gasteiger charge is -2.35. The third kappa shape index (κ3) is 4.77. The lowest BCUT2D eigenvalue weighted by molar-refractivity contribution is -0.136. The van der Waals surface area contributed by atoms with Gasteiger partial charge in [-0.2, -0.15) is 0 Å². The number of carbonyl (C=O) groups is 1. The highest BCUT2D eigenvalue weighted by molar-refractivity contribution is 5.81. The minimum absolute atomic E-state index is 0.00590. The van der Waals surface area contributed by atoms with Crippen LogP contribution in [-0.2, 0) is 4.79 Å². The second-order valence-electron chi connectivity index (χ2n) is 5.42. The number of carbonyl (C=O) groups excluding carboxylic acids is 1. The number of nitrogens with zero attached hydrogens (tertiary/aromatic N) is 2. The zero-order chi connectivity index (χ0) is 14.3. The number of hydrogen-bond donors (Lipinski definition) is 1. The van der Waals surface area contributed by atoms with Gasteiger partial charge in [0.2, 0.25) is 5.91 Å². The summed E-state index contributed by atoms with van der Waals surface area (Å²) in [5.41, 5.74) is 0. The van der Waals surface area contributed by atoms with Crippen LogP contribution in [-0.4, -0.2) is 60.5 Å². The van der Waals surface area contributed by atoms with Gasteiger partial charge in [-0.05, 0) is 46.7 Å². The van der Waals surface area contributed by atoms with Crippen LogP contribution in [0.1, 0.15) is 47.0 Å². The zero-order valence-electron chi connectivity index (χ0n) is 13.1. The smallest absolute Gasteiger partial charge is 0.239 e. The Bertz CT molecular complexity index is 260. The number of likely N-dealkylation sites (N-methyl/N-ethyl adjacent to an activating group) is 2. The fraction of sp³-hybridized carbons (Fsp3) is 0.933. The molecule has 0 aromatic heterocycles. The Balaban J connectivity index is 2.54. The maximum atomic E-state index is 12.4. The summed E-state index contributed by atoms with van der Waals surface area (Å²) < 4.78 is 0. The standard InChI is InChI=1S/C15H31N3O/c1-5-17(6-2)15(19)13(4)18(7-3)12-14-10-8-9-11-16-14/h13-14,16H,5-12H2,1-4H3. The number of nitrogens with one attached hydrogen (secondary N) is 1. The van der Waals surface area contributed by atoms with Crippen molar-refractivity contribution in [2.45, 2.75) is 59.0 Å². The van der Waals surface area contributed by atoms with E-state index in [0.717, 1.165) is 32.7 Å². The van der Waals surface area contributed by atoms with Crippen LogP contribution >= 0.6 is 0 Å². The molecule has 0 bridgehead atoms. The maximum absolute atomic E-state index is 12.4. The van der Waals surface area contributed by atoms with Gasteiger partial charge >= 0.3 is 0 Å². The van der Waals surface area contributed by atoms with Crippen LogP contribution in [0.3, 0.4) is 0 Å². The van der Waals surface area contributed by atoms with Gasteiger partial charge in [-0.15, -0.1) is 0 Å². The Morgan fingerprint density at radius 1 is 1.21 bits per heavy atom. The average molecular weight is 269 g/mol. The summed E-state index contributed by atoms with van der Waals surface area (Å²) in [6.45, 7) is 13.0. The van der Waals surface area contributed by atoms with Gasteiger partial charge in [-0.25, -0.2) is 0 Å². The lowest BCUT2D eigenvalue weighted by Crippen LogP contribution is -2.52. The zero-order valence-corrected chi connectivity index (χ0v) is 13.1. The summed E-state index contributed by atoms with van der Waals surface area (Å²) >= 11 is 0. The molecule has 1 fully saturated rings. The first-order valence-corrected chi connectivity index (χ1v) is 7.90. The summed E-state index contributed by atoms with van der Waals surface area (Å²) in [5, 5.41) is 3.57. The van der Waals surface area contributed by atoms with Crippen molar-refractivity contribution in [3.8, 4) is 0 Å². The fourth-order valence-electron chi connectivity index (χ4n) is 2.88. The van der Waals surface area contributed by atoms with Gasteiger partial charge in [0, 0.05) is 25.7 Å². The van der Waals surface area contributed by atoms with Crippen molar-refractivity contribution in [2.24, 2.45) is 0 Å². The van der Waals surface area contributed by atoms with E-state index in [0.29, 0.717) is 6.04 Å². The molecular weight excluding hydrogens is 238 g/mol. The molecule has 0 saturated carbocycles. The van der Waals surface area contributed by atoms with Crippen molar-refractivity contribution in [3.63, 3.8) is 0 Å². The maximum Gasteiger partial charge on any atom is 0.239 e. The Morgan fingerprint density at radius 3 is 2.37 bits per heavy atom. The number of rotatable bonds is 7. The van der Waals surface area contributed by atoms with Crippen molar-refractivity contribution < 1.29 is 4.79 Å². The summed E-state index contributed by atoms with van der Waals surface area (Å²) in [6.07, 6.45) is 3.84. The first-order chi connectivity index (χ1) is 9.13. The van der Waals surface area contributed by atoms with Crippen LogP contribution in [0.25, 0.3) is 0 Å². The number of piperidine rings is 1. The molecule has 112 valence electrons. The van der Waals surface area contributed by atoms with E-state index in [4.69, 9.17) is 0 Å². The topological polar surface area (TPSA) is 35.6 Å². The molecule has 1 rings (SSSR count). The number of amides is 1. The summed E-state index contributed by atoms with van der Waals surface area (Å²) in [7, 11) is 0. The highest BCUT2D eigenvalue weighted by Crippen LogP contribution is 2.11. The van der Waals surface area contributed by atoms with E-state index >= 15 is 0 Å². The van der Waals surface area contributed by atoms with E-state index in [2.05, 4.69) is 17.1 Å². The SMILES string of the molecule is CCN(CC)C(=O)C(C)N(CC)CC1CCCCN1. The molecule has 1 N–H and O–H groups in total. The Hall–Kier alpha value is -0.610. The highest BCUT2D eigenvalue weighted by atomic mass is 16.2. The second kappa shape index (κ2) is 8.54. The molecule has 1 amide bonds. The molecule has 0 radical (unpaired) electrons. The van der Waals surface area contributed by atoms with E-state index in [1.54, 1.807) is 0 Å². The average Bonchev–Trinajstić information content (AvgIpc) is 2.46. The van der Waals surface area contributed by atoms with Crippen LogP contribution in [0, 0.1) is 0 Å². The third-order valence-corrected chi connectivity index (χ3v) is 4.25. The van der Waals surface area contributed by atoms with Gasteiger partial charge in [0.05, 0.1) is 6.04 Å². The van der Waals surface area contributed by atoms with Gasteiger partial charge < -0.3 is 10.2 Å². The highest BCUT2D eigenvalue weighted by Gasteiger charge is 2.26. The lowest BCUT2D eigenvalue weighted by atomic mass is 10.0. The van der Waals surface area contributed by atoms with Crippen molar-refractivity contribution >= 4 is 5.91 Å². The Kier molecular flexibility index (Phi) is 7.39. The van der Waals surface area contributed by atoms with Gasteiger partial charge in [-0.1, -0.05) is 13.3 Å². The largest absolute Gasteiger partial charge is 0.342 e. The normalized spacial score (nSPS) is 21.4. The molecule has 2 unspecified atom stereocenters. The molecule has 19 heavy (non-hydrogen) atoms. The second-order valence-corrected chi connectivity index (χ2v) is 5.42. The fourth-order valence-corrected chi connectivity index (χ4v) is 2.88. The number of hydrogen-bond acceptors (Lipinski definition) is 3. The van der Waals surface area contributed by atoms with Crippen molar-refractivity contribution in [2.75, 3.05) is 32.7 Å². The van der Waals surface area contributed by atoms with E-state index in [-0.39, 0.29) is 11.9 Å². The minimum Gasteiger partial charge on any atom is -0.342 e. The molecule has 0 spiro atoms. The predicted molar refractivity (Wildman–Crippen MR) is 80.3 cm³/mol. The van der Waals surface area contributed by atoms with E-state index in [1.807, 2.05) is 25.7 Å². The third-order valence-electron chi connectivity index (χ3n) is 4.25. The van der Waals surface area contributed by atoms with Crippen LogP contribution < -0.4 is 5.32 Å². The first kappa shape index (κ1) is 16.4. The quantitative estimate of drug-likeness (QED) is 0.764. The van der Waals surface area contributed by atoms with Crippen molar-refractivity contribution in [3.05, 3.63) is 0 Å². The molecule has 2 atom stereocenters. The van der Waals surface area contributed by atoms with E-state index in [1.165, 1.54) is 19.3 Å². The minimum atomic E-state index is -0.00590.